The zero-order valence-corrected chi connectivity index (χ0v) is 17.5. The standard InChI is InChI=1S/C28H16F6/c29-27(30,31)23-15-21-22(16-24(23)28(32,33)34)26(18-11-5-2-6-12-18)20-14-8-7-13-19(20)25(21)17-9-3-1-4-10-17/h1-16H. The maximum absolute atomic E-state index is 13.9. The lowest BCUT2D eigenvalue weighted by Gasteiger charge is -2.22. The van der Waals surface area contributed by atoms with Crippen LogP contribution in [0.3, 0.4) is 0 Å². The lowest BCUT2D eigenvalue weighted by Crippen LogP contribution is -2.16. The van der Waals surface area contributed by atoms with Gasteiger partial charge in [0, 0.05) is 0 Å². The van der Waals surface area contributed by atoms with E-state index in [1.807, 2.05) is 0 Å². The predicted octanol–water partition coefficient (Wildman–Crippen LogP) is 9.36. The lowest BCUT2D eigenvalue weighted by atomic mass is 9.84. The van der Waals surface area contributed by atoms with Crippen LogP contribution in [0.1, 0.15) is 11.1 Å². The molecule has 0 aliphatic heterocycles. The topological polar surface area (TPSA) is 0 Å². The second kappa shape index (κ2) is 7.90. The van der Waals surface area contributed by atoms with Gasteiger partial charge < -0.3 is 0 Å². The highest BCUT2D eigenvalue weighted by Gasteiger charge is 2.43. The number of hydrogen-bond donors (Lipinski definition) is 0. The van der Waals surface area contributed by atoms with E-state index in [0.717, 1.165) is 0 Å². The van der Waals surface area contributed by atoms with Crippen LogP contribution in [-0.4, -0.2) is 0 Å². The molecule has 6 heteroatoms. The van der Waals surface area contributed by atoms with E-state index in [-0.39, 0.29) is 10.8 Å². The van der Waals surface area contributed by atoms with Crippen molar-refractivity contribution in [3.63, 3.8) is 0 Å². The number of halogens is 6. The average molecular weight is 466 g/mol. The van der Waals surface area contributed by atoms with Gasteiger partial charge in [0.2, 0.25) is 0 Å². The molecule has 0 aliphatic carbocycles. The largest absolute Gasteiger partial charge is 0.417 e. The fraction of sp³-hybridized carbons (Fsp3) is 0.0714. The highest BCUT2D eigenvalue weighted by Crippen LogP contribution is 2.48. The first-order chi connectivity index (χ1) is 16.2. The van der Waals surface area contributed by atoms with Crippen molar-refractivity contribution < 1.29 is 26.3 Å². The molecule has 0 bridgehead atoms. The van der Waals surface area contributed by atoms with Crippen molar-refractivity contribution in [2.24, 2.45) is 0 Å². The van der Waals surface area contributed by atoms with Gasteiger partial charge in [0.15, 0.2) is 0 Å². The number of benzene rings is 5. The molecule has 0 N–H and O–H groups in total. The molecule has 0 saturated heterocycles. The summed E-state index contributed by atoms with van der Waals surface area (Å²) >= 11 is 0. The van der Waals surface area contributed by atoms with Crippen molar-refractivity contribution in [2.75, 3.05) is 0 Å². The van der Waals surface area contributed by atoms with Gasteiger partial charge in [-0.2, -0.15) is 26.3 Å². The quantitative estimate of drug-likeness (QED) is 0.180. The first kappa shape index (κ1) is 22.0. The van der Waals surface area contributed by atoms with Gasteiger partial charge in [-0.25, -0.2) is 0 Å². The molecule has 5 rings (SSSR count). The zero-order valence-electron chi connectivity index (χ0n) is 17.5. The van der Waals surface area contributed by atoms with E-state index in [2.05, 4.69) is 0 Å². The van der Waals surface area contributed by atoms with Gasteiger partial charge in [-0.15, -0.1) is 0 Å². The molecule has 0 heterocycles. The molecule has 0 saturated carbocycles. The van der Waals surface area contributed by atoms with Gasteiger partial charge in [-0.1, -0.05) is 84.9 Å². The molecular weight excluding hydrogens is 450 g/mol. The average Bonchev–Trinajstić information content (AvgIpc) is 2.81. The fourth-order valence-corrected chi connectivity index (χ4v) is 4.52. The molecule has 0 fully saturated rings. The Morgan fingerprint density at radius 3 is 1.03 bits per heavy atom. The number of hydrogen-bond acceptors (Lipinski definition) is 0. The number of fused-ring (bicyclic) bond motifs is 2. The minimum absolute atomic E-state index is 0.115. The van der Waals surface area contributed by atoms with Gasteiger partial charge >= 0.3 is 12.4 Å². The Balaban J connectivity index is 2.08. The lowest BCUT2D eigenvalue weighted by molar-refractivity contribution is -0.161. The molecular formula is C28H16F6. The molecule has 0 radical (unpaired) electrons. The molecule has 0 aliphatic rings. The van der Waals surface area contributed by atoms with E-state index in [9.17, 15) is 26.3 Å². The molecule has 170 valence electrons. The van der Waals surface area contributed by atoms with E-state index in [1.165, 1.54) is 0 Å². The Morgan fingerprint density at radius 2 is 0.706 bits per heavy atom. The van der Waals surface area contributed by atoms with Gasteiger partial charge in [0.05, 0.1) is 11.1 Å². The summed E-state index contributed by atoms with van der Waals surface area (Å²) in [5, 5.41) is 1.55. The summed E-state index contributed by atoms with van der Waals surface area (Å²) in [6.07, 6.45) is -10.4. The van der Waals surface area contributed by atoms with Crippen molar-refractivity contribution in [3.05, 3.63) is 108 Å². The summed E-state index contributed by atoms with van der Waals surface area (Å²) in [5.41, 5.74) is -1.22. The smallest absolute Gasteiger partial charge is 0.166 e. The Morgan fingerprint density at radius 1 is 0.382 bits per heavy atom. The molecule has 0 amide bonds. The van der Waals surface area contributed by atoms with E-state index < -0.39 is 23.5 Å². The number of rotatable bonds is 2. The Labute approximate surface area is 191 Å². The predicted molar refractivity (Wildman–Crippen MR) is 122 cm³/mol. The van der Waals surface area contributed by atoms with Crippen LogP contribution >= 0.6 is 0 Å². The first-order valence-electron chi connectivity index (χ1n) is 10.4. The summed E-state index contributed by atoms with van der Waals surface area (Å²) in [6.45, 7) is 0. The van der Waals surface area contributed by atoms with Crippen molar-refractivity contribution in [2.45, 2.75) is 12.4 Å². The third kappa shape index (κ3) is 3.69. The maximum atomic E-state index is 13.9. The summed E-state index contributed by atoms with van der Waals surface area (Å²) in [6, 6.07) is 25.9. The Kier molecular flexibility index (Phi) is 5.12. The zero-order chi connectivity index (χ0) is 24.1. The second-order valence-corrected chi connectivity index (χ2v) is 7.97. The van der Waals surface area contributed by atoms with Crippen LogP contribution in [0.2, 0.25) is 0 Å². The van der Waals surface area contributed by atoms with Crippen LogP contribution in [0.25, 0.3) is 43.8 Å². The Bertz CT molecular complexity index is 1380. The SMILES string of the molecule is FC(F)(F)c1cc2c(-c3ccccc3)c3ccccc3c(-c3ccccc3)c2cc1C(F)(F)F. The second-order valence-electron chi connectivity index (χ2n) is 7.97. The van der Waals surface area contributed by atoms with Crippen LogP contribution in [0, 0.1) is 0 Å². The molecule has 5 aromatic carbocycles. The van der Waals surface area contributed by atoms with Gasteiger partial charge in [0.25, 0.3) is 0 Å². The minimum Gasteiger partial charge on any atom is -0.166 e. The normalized spacial score (nSPS) is 12.4. The molecule has 34 heavy (non-hydrogen) atoms. The fourth-order valence-electron chi connectivity index (χ4n) is 4.52. The first-order valence-corrected chi connectivity index (χ1v) is 10.4. The molecule has 0 spiro atoms. The van der Waals surface area contributed by atoms with Crippen molar-refractivity contribution in [3.8, 4) is 22.3 Å². The highest BCUT2D eigenvalue weighted by atomic mass is 19.4. The van der Waals surface area contributed by atoms with E-state index >= 15 is 0 Å². The van der Waals surface area contributed by atoms with Gasteiger partial charge in [-0.05, 0) is 55.9 Å². The van der Waals surface area contributed by atoms with Crippen LogP contribution in [0.15, 0.2) is 97.1 Å². The van der Waals surface area contributed by atoms with Crippen LogP contribution in [-0.2, 0) is 12.4 Å². The maximum Gasteiger partial charge on any atom is 0.417 e. The third-order valence-electron chi connectivity index (χ3n) is 5.90. The third-order valence-corrected chi connectivity index (χ3v) is 5.90. The summed E-state index contributed by atoms with van der Waals surface area (Å²) in [4.78, 5) is 0. The summed E-state index contributed by atoms with van der Waals surface area (Å²) in [5.74, 6) is 0. The molecule has 0 aromatic heterocycles. The highest BCUT2D eigenvalue weighted by molar-refractivity contribution is 6.21. The monoisotopic (exact) mass is 466 g/mol. The van der Waals surface area contributed by atoms with E-state index in [1.54, 1.807) is 84.9 Å². The number of alkyl halides is 6. The van der Waals surface area contributed by atoms with Crippen molar-refractivity contribution >= 4 is 21.5 Å². The Hall–Kier alpha value is -3.80. The minimum atomic E-state index is -5.18. The van der Waals surface area contributed by atoms with Crippen LogP contribution in [0.4, 0.5) is 26.3 Å². The van der Waals surface area contributed by atoms with Crippen molar-refractivity contribution in [1.82, 2.24) is 0 Å². The van der Waals surface area contributed by atoms with E-state index in [0.29, 0.717) is 45.2 Å². The molecule has 0 unspecified atom stereocenters. The molecule has 0 nitrogen and oxygen atoms in total. The van der Waals surface area contributed by atoms with Gasteiger partial charge in [0.1, 0.15) is 0 Å². The van der Waals surface area contributed by atoms with Crippen LogP contribution in [0.5, 0.6) is 0 Å². The van der Waals surface area contributed by atoms with Crippen LogP contribution < -0.4 is 0 Å². The summed E-state index contributed by atoms with van der Waals surface area (Å²) in [7, 11) is 0. The van der Waals surface area contributed by atoms with E-state index in [4.69, 9.17) is 0 Å². The van der Waals surface area contributed by atoms with Gasteiger partial charge in [-0.3, -0.25) is 0 Å². The molecule has 0 atom stereocenters. The molecule has 5 aromatic rings. The summed E-state index contributed by atoms with van der Waals surface area (Å²) < 4.78 is 83.3. The van der Waals surface area contributed by atoms with Crippen molar-refractivity contribution in [1.29, 1.82) is 0 Å².